The lowest BCUT2D eigenvalue weighted by atomic mass is 9.93. The predicted molar refractivity (Wildman–Crippen MR) is 72.8 cm³/mol. The van der Waals surface area contributed by atoms with E-state index in [1.165, 1.54) is 6.07 Å². The third-order valence-corrected chi connectivity index (χ3v) is 4.16. The predicted octanol–water partition coefficient (Wildman–Crippen LogP) is 3.39. The van der Waals surface area contributed by atoms with Gasteiger partial charge in [-0.05, 0) is 66.5 Å². The first-order valence-corrected chi connectivity index (χ1v) is 7.02. The number of carbonyl (C=O) groups excluding carboxylic acids is 1. The monoisotopic (exact) mass is 313 g/mol. The minimum atomic E-state index is -0.228. The maximum atomic E-state index is 13.1. The fourth-order valence-corrected chi connectivity index (χ4v) is 2.82. The second kappa shape index (κ2) is 5.93. The zero-order chi connectivity index (χ0) is 13.1. The average Bonchev–Trinajstić information content (AvgIpc) is 2.34. The zero-order valence-corrected chi connectivity index (χ0v) is 12.0. The molecule has 0 atom stereocenters. The Morgan fingerprint density at radius 2 is 2.11 bits per heavy atom. The molecule has 0 amide bonds. The van der Waals surface area contributed by atoms with Crippen molar-refractivity contribution in [2.75, 3.05) is 13.1 Å². The van der Waals surface area contributed by atoms with Crippen LogP contribution in [0.15, 0.2) is 22.7 Å². The van der Waals surface area contributed by atoms with Gasteiger partial charge < -0.3 is 0 Å². The summed E-state index contributed by atoms with van der Waals surface area (Å²) in [6, 6.07) is 5.13. The SMILES string of the molecule is CC(=O)C1CCN(Cc2ccc(F)c(Br)c2)CC1. The number of likely N-dealkylation sites (tertiary alicyclic amines) is 1. The van der Waals surface area contributed by atoms with Crippen molar-refractivity contribution in [2.45, 2.75) is 26.3 Å². The van der Waals surface area contributed by atoms with Crippen molar-refractivity contribution in [1.82, 2.24) is 4.90 Å². The largest absolute Gasteiger partial charge is 0.300 e. The highest BCUT2D eigenvalue weighted by Gasteiger charge is 2.22. The Morgan fingerprint density at radius 3 is 2.67 bits per heavy atom. The van der Waals surface area contributed by atoms with E-state index in [0.717, 1.165) is 38.0 Å². The standard InChI is InChI=1S/C14H17BrFNO/c1-10(18)12-4-6-17(7-5-12)9-11-2-3-14(16)13(15)8-11/h2-3,8,12H,4-7,9H2,1H3. The molecular formula is C14H17BrFNO. The number of hydrogen-bond acceptors (Lipinski definition) is 2. The summed E-state index contributed by atoms with van der Waals surface area (Å²) in [6.45, 7) is 4.39. The van der Waals surface area contributed by atoms with Gasteiger partial charge in [0.25, 0.3) is 0 Å². The topological polar surface area (TPSA) is 20.3 Å². The van der Waals surface area contributed by atoms with E-state index in [1.54, 1.807) is 6.92 Å². The molecule has 0 bridgehead atoms. The van der Waals surface area contributed by atoms with Gasteiger partial charge in [0.2, 0.25) is 0 Å². The highest BCUT2D eigenvalue weighted by Crippen LogP contribution is 2.22. The molecule has 1 aliphatic rings. The molecule has 18 heavy (non-hydrogen) atoms. The van der Waals surface area contributed by atoms with E-state index >= 15 is 0 Å². The highest BCUT2D eigenvalue weighted by atomic mass is 79.9. The van der Waals surface area contributed by atoms with Gasteiger partial charge in [0.05, 0.1) is 4.47 Å². The Hall–Kier alpha value is -0.740. The van der Waals surface area contributed by atoms with Gasteiger partial charge in [-0.1, -0.05) is 6.07 Å². The van der Waals surface area contributed by atoms with Gasteiger partial charge in [0.15, 0.2) is 0 Å². The Balaban J connectivity index is 1.91. The van der Waals surface area contributed by atoms with Crippen molar-refractivity contribution in [2.24, 2.45) is 5.92 Å². The number of rotatable bonds is 3. The first-order chi connectivity index (χ1) is 8.56. The number of benzene rings is 1. The van der Waals surface area contributed by atoms with Crippen LogP contribution in [0.3, 0.4) is 0 Å². The summed E-state index contributed by atoms with van der Waals surface area (Å²) in [5.74, 6) is 0.314. The molecule has 1 aromatic rings. The molecule has 0 radical (unpaired) electrons. The average molecular weight is 314 g/mol. The molecular weight excluding hydrogens is 297 g/mol. The van der Waals surface area contributed by atoms with E-state index in [9.17, 15) is 9.18 Å². The smallest absolute Gasteiger partial charge is 0.137 e. The van der Waals surface area contributed by atoms with Crippen LogP contribution in [0.4, 0.5) is 4.39 Å². The summed E-state index contributed by atoms with van der Waals surface area (Å²) in [5, 5.41) is 0. The summed E-state index contributed by atoms with van der Waals surface area (Å²) >= 11 is 3.20. The van der Waals surface area contributed by atoms with Gasteiger partial charge in [-0.2, -0.15) is 0 Å². The minimum absolute atomic E-state index is 0.228. The molecule has 1 aromatic carbocycles. The summed E-state index contributed by atoms with van der Waals surface area (Å²) < 4.78 is 13.6. The van der Waals surface area contributed by atoms with Gasteiger partial charge in [-0.25, -0.2) is 4.39 Å². The Kier molecular flexibility index (Phi) is 4.51. The molecule has 2 rings (SSSR count). The molecule has 1 aliphatic heterocycles. The van der Waals surface area contributed by atoms with Crippen molar-refractivity contribution in [1.29, 1.82) is 0 Å². The number of hydrogen-bond donors (Lipinski definition) is 0. The normalized spacial score (nSPS) is 17.9. The summed E-state index contributed by atoms with van der Waals surface area (Å²) in [7, 11) is 0. The Morgan fingerprint density at radius 1 is 1.44 bits per heavy atom. The van der Waals surface area contributed by atoms with E-state index in [-0.39, 0.29) is 11.7 Å². The lowest BCUT2D eigenvalue weighted by Gasteiger charge is -2.30. The lowest BCUT2D eigenvalue weighted by molar-refractivity contribution is -0.122. The summed E-state index contributed by atoms with van der Waals surface area (Å²) in [5.41, 5.74) is 1.10. The maximum Gasteiger partial charge on any atom is 0.137 e. The van der Waals surface area contributed by atoms with Crippen LogP contribution in [0.2, 0.25) is 0 Å². The van der Waals surface area contributed by atoms with Crippen LogP contribution in [0.25, 0.3) is 0 Å². The molecule has 0 aromatic heterocycles. The number of nitrogens with zero attached hydrogens (tertiary/aromatic N) is 1. The van der Waals surface area contributed by atoms with E-state index < -0.39 is 0 Å². The maximum absolute atomic E-state index is 13.1. The second-order valence-corrected chi connectivity index (χ2v) is 5.76. The van der Waals surface area contributed by atoms with Gasteiger partial charge in [-0.3, -0.25) is 9.69 Å². The fourth-order valence-electron chi connectivity index (χ4n) is 2.39. The van der Waals surface area contributed by atoms with E-state index in [2.05, 4.69) is 20.8 Å². The van der Waals surface area contributed by atoms with Crippen LogP contribution >= 0.6 is 15.9 Å². The first-order valence-electron chi connectivity index (χ1n) is 6.23. The van der Waals surface area contributed by atoms with Crippen LogP contribution in [-0.4, -0.2) is 23.8 Å². The van der Waals surface area contributed by atoms with E-state index in [1.807, 2.05) is 12.1 Å². The summed E-state index contributed by atoms with van der Waals surface area (Å²) in [4.78, 5) is 13.6. The minimum Gasteiger partial charge on any atom is -0.300 e. The van der Waals surface area contributed by atoms with Crippen molar-refractivity contribution in [3.8, 4) is 0 Å². The molecule has 1 heterocycles. The molecule has 4 heteroatoms. The van der Waals surface area contributed by atoms with Crippen molar-refractivity contribution in [3.05, 3.63) is 34.1 Å². The van der Waals surface area contributed by atoms with Gasteiger partial charge in [0.1, 0.15) is 11.6 Å². The summed E-state index contributed by atoms with van der Waals surface area (Å²) in [6.07, 6.45) is 1.88. The van der Waals surface area contributed by atoms with Gasteiger partial charge >= 0.3 is 0 Å². The number of halogens is 2. The molecule has 0 saturated carbocycles. The third-order valence-electron chi connectivity index (χ3n) is 3.55. The Labute approximate surface area is 115 Å². The van der Waals surface area contributed by atoms with Gasteiger partial charge in [-0.15, -0.1) is 0 Å². The number of Topliss-reactive ketones (excluding diaryl/α,β-unsaturated/α-hetero) is 1. The Bertz CT molecular complexity index is 441. The van der Waals surface area contributed by atoms with Crippen LogP contribution in [-0.2, 0) is 11.3 Å². The van der Waals surface area contributed by atoms with Crippen molar-refractivity contribution in [3.63, 3.8) is 0 Å². The van der Waals surface area contributed by atoms with Gasteiger partial charge in [0, 0.05) is 12.5 Å². The molecule has 0 spiro atoms. The van der Waals surface area contributed by atoms with Crippen molar-refractivity contribution < 1.29 is 9.18 Å². The number of piperidine rings is 1. The quantitative estimate of drug-likeness (QED) is 0.852. The van der Waals surface area contributed by atoms with Crippen molar-refractivity contribution >= 4 is 21.7 Å². The molecule has 0 unspecified atom stereocenters. The molecule has 2 nitrogen and oxygen atoms in total. The highest BCUT2D eigenvalue weighted by molar-refractivity contribution is 9.10. The fraction of sp³-hybridized carbons (Fsp3) is 0.500. The molecule has 0 aliphatic carbocycles. The number of carbonyl (C=O) groups is 1. The molecule has 1 fully saturated rings. The van der Waals surface area contributed by atoms with E-state index in [4.69, 9.17) is 0 Å². The van der Waals surface area contributed by atoms with Crippen LogP contribution < -0.4 is 0 Å². The van der Waals surface area contributed by atoms with E-state index in [0.29, 0.717) is 10.3 Å². The van der Waals surface area contributed by atoms with Crippen LogP contribution in [0, 0.1) is 11.7 Å². The molecule has 0 N–H and O–H groups in total. The lowest BCUT2D eigenvalue weighted by Crippen LogP contribution is -2.35. The molecule has 1 saturated heterocycles. The first kappa shape index (κ1) is 13.7. The van der Waals surface area contributed by atoms with Crippen LogP contribution in [0.1, 0.15) is 25.3 Å². The zero-order valence-electron chi connectivity index (χ0n) is 10.5. The second-order valence-electron chi connectivity index (χ2n) is 4.91. The van der Waals surface area contributed by atoms with Crippen LogP contribution in [0.5, 0.6) is 0 Å². The number of ketones is 1. The molecule has 98 valence electrons. The third kappa shape index (κ3) is 3.39.